The summed E-state index contributed by atoms with van der Waals surface area (Å²) in [6, 6.07) is 20.1. The molecule has 1 atom stereocenters. The van der Waals surface area contributed by atoms with E-state index in [0.717, 1.165) is 80.8 Å². The van der Waals surface area contributed by atoms with Crippen molar-refractivity contribution < 1.29 is 27.4 Å². The molecule has 1 unspecified atom stereocenters. The lowest BCUT2D eigenvalue weighted by Crippen LogP contribution is -2.47. The number of rotatable bonds is 12. The Morgan fingerprint density at radius 1 is 1.02 bits per heavy atom. The van der Waals surface area contributed by atoms with Gasteiger partial charge < -0.3 is 19.1 Å². The molecule has 8 rings (SSSR count). The number of sulfonamides is 1. The van der Waals surface area contributed by atoms with Gasteiger partial charge in [-0.05, 0) is 84.7 Å². The Morgan fingerprint density at radius 2 is 1.83 bits per heavy atom. The number of carbonyl (C=O) groups excluding carboxylic acids is 1. The Hall–Kier alpha value is -4.66. The van der Waals surface area contributed by atoms with Crippen LogP contribution in [0, 0.1) is 11.3 Å². The number of nitrogens with zero attached hydrogens (tertiary/aromatic N) is 4. The standard InChI is InChI=1S/C43H46Cl2N6O6S/c1-43(2)14-12-30(35(22-43)29-6-8-31(44)9-7-29)25-50-15-17-51(18-16-50)32-10-11-34(40(20-32)57-39-5-3-4-38-36(39)24-47-48-38)41(52)49-58(53,54)33-21-37(45)42(46-23-33)56-27-28-13-19-55-26-28/h3-11,20-21,23-24,28H,12-19,22,25-27H2,1-2H3,(H,47,48)(H,49,52). The van der Waals surface area contributed by atoms with Crippen molar-refractivity contribution in [1.82, 2.24) is 24.8 Å². The van der Waals surface area contributed by atoms with Crippen LogP contribution in [0.15, 0.2) is 89.6 Å². The molecule has 2 N–H and O–H groups in total. The minimum Gasteiger partial charge on any atom is -0.476 e. The van der Waals surface area contributed by atoms with Gasteiger partial charge in [0, 0.05) is 62.0 Å². The molecule has 304 valence electrons. The Labute approximate surface area is 348 Å². The minimum absolute atomic E-state index is 0.0114. The van der Waals surface area contributed by atoms with Crippen molar-refractivity contribution in [2.24, 2.45) is 11.3 Å². The zero-order chi connectivity index (χ0) is 40.4. The lowest BCUT2D eigenvalue weighted by Gasteiger charge is -2.39. The maximum atomic E-state index is 13.9. The topological polar surface area (TPSA) is 139 Å². The van der Waals surface area contributed by atoms with E-state index in [4.69, 9.17) is 37.4 Å². The largest absolute Gasteiger partial charge is 0.476 e. The number of pyridine rings is 1. The quantitative estimate of drug-likeness (QED) is 0.126. The molecule has 0 radical (unpaired) electrons. The highest BCUT2D eigenvalue weighted by Crippen LogP contribution is 2.43. The molecule has 3 aliphatic rings. The smallest absolute Gasteiger partial charge is 0.268 e. The third kappa shape index (κ3) is 9.14. The van der Waals surface area contributed by atoms with Crippen LogP contribution < -0.4 is 19.1 Å². The second kappa shape index (κ2) is 16.9. The summed E-state index contributed by atoms with van der Waals surface area (Å²) >= 11 is 12.6. The van der Waals surface area contributed by atoms with Crippen LogP contribution in [0.25, 0.3) is 16.5 Å². The Bertz CT molecular complexity index is 2440. The molecule has 2 saturated heterocycles. The third-order valence-electron chi connectivity index (χ3n) is 11.2. The number of nitrogens with one attached hydrogen (secondary N) is 2. The number of hydrogen-bond donors (Lipinski definition) is 2. The van der Waals surface area contributed by atoms with E-state index in [-0.39, 0.29) is 38.4 Å². The second-order valence-electron chi connectivity index (χ2n) is 16.0. The van der Waals surface area contributed by atoms with Crippen molar-refractivity contribution in [3.63, 3.8) is 0 Å². The van der Waals surface area contributed by atoms with E-state index in [1.807, 2.05) is 30.3 Å². The first-order valence-electron chi connectivity index (χ1n) is 19.5. The molecule has 5 aromatic rings. The molecule has 4 heterocycles. The van der Waals surface area contributed by atoms with E-state index < -0.39 is 15.9 Å². The van der Waals surface area contributed by atoms with Crippen molar-refractivity contribution >= 4 is 61.3 Å². The summed E-state index contributed by atoms with van der Waals surface area (Å²) in [6.07, 6.45) is 6.87. The van der Waals surface area contributed by atoms with Gasteiger partial charge >= 0.3 is 0 Å². The second-order valence-corrected chi connectivity index (χ2v) is 18.5. The fraction of sp³-hybridized carbons (Fsp3) is 0.372. The van der Waals surface area contributed by atoms with Crippen LogP contribution in [0.2, 0.25) is 10.0 Å². The Balaban J connectivity index is 0.999. The van der Waals surface area contributed by atoms with Crippen LogP contribution >= 0.6 is 23.2 Å². The van der Waals surface area contributed by atoms with Crippen molar-refractivity contribution in [2.75, 3.05) is 57.4 Å². The predicted molar refractivity (Wildman–Crippen MR) is 226 cm³/mol. The lowest BCUT2D eigenvalue weighted by molar-refractivity contribution is 0.0979. The summed E-state index contributed by atoms with van der Waals surface area (Å²) in [7, 11) is -4.39. The van der Waals surface area contributed by atoms with Crippen LogP contribution in [0.4, 0.5) is 5.69 Å². The number of piperazine rings is 1. The molecule has 0 bridgehead atoms. The van der Waals surface area contributed by atoms with Gasteiger partial charge in [-0.3, -0.25) is 14.8 Å². The van der Waals surface area contributed by atoms with E-state index in [9.17, 15) is 13.2 Å². The number of aromatic amines is 1. The van der Waals surface area contributed by atoms with Gasteiger partial charge in [-0.15, -0.1) is 0 Å². The molecule has 2 aliphatic heterocycles. The maximum Gasteiger partial charge on any atom is 0.268 e. The fourth-order valence-electron chi connectivity index (χ4n) is 7.83. The molecular formula is C43H46Cl2N6O6S. The van der Waals surface area contributed by atoms with E-state index in [0.29, 0.717) is 31.0 Å². The number of aromatic nitrogens is 3. The van der Waals surface area contributed by atoms with Gasteiger partial charge in [-0.1, -0.05) is 60.8 Å². The van der Waals surface area contributed by atoms with Crippen molar-refractivity contribution in [1.29, 1.82) is 0 Å². The molecule has 0 saturated carbocycles. The van der Waals surface area contributed by atoms with Crippen LogP contribution in [0.1, 0.15) is 55.5 Å². The summed E-state index contributed by atoms with van der Waals surface area (Å²) in [4.78, 5) is 22.5. The normalized spacial score (nSPS) is 18.8. The highest BCUT2D eigenvalue weighted by Gasteiger charge is 2.30. The Morgan fingerprint density at radius 3 is 2.59 bits per heavy atom. The number of H-pyrrole nitrogens is 1. The molecule has 2 fully saturated rings. The van der Waals surface area contributed by atoms with E-state index >= 15 is 0 Å². The summed E-state index contributed by atoms with van der Waals surface area (Å²) in [5, 5.41) is 8.54. The third-order valence-corrected chi connectivity index (χ3v) is 13.0. The molecular weight excluding hydrogens is 799 g/mol. The van der Waals surface area contributed by atoms with Gasteiger partial charge in [0.15, 0.2) is 0 Å². The number of carbonyl (C=O) groups is 1. The van der Waals surface area contributed by atoms with Gasteiger partial charge in [0.1, 0.15) is 21.4 Å². The molecule has 12 nitrogen and oxygen atoms in total. The predicted octanol–water partition coefficient (Wildman–Crippen LogP) is 8.38. The molecule has 15 heteroatoms. The first-order valence-corrected chi connectivity index (χ1v) is 21.8. The zero-order valence-electron chi connectivity index (χ0n) is 32.5. The monoisotopic (exact) mass is 844 g/mol. The zero-order valence-corrected chi connectivity index (χ0v) is 34.8. The number of fused-ring (bicyclic) bond motifs is 1. The number of amides is 1. The average molecular weight is 846 g/mol. The maximum absolute atomic E-state index is 13.9. The van der Waals surface area contributed by atoms with E-state index in [1.54, 1.807) is 24.4 Å². The SMILES string of the molecule is CC1(C)CCC(CN2CCN(c3ccc(C(=O)NS(=O)(=O)c4cnc(OCC5CCOC5)c(Cl)c4)c(Oc4cccc5[nH]ncc45)c3)CC2)=C(c2ccc(Cl)cc2)C1. The van der Waals surface area contributed by atoms with Crippen LogP contribution in [0.3, 0.4) is 0 Å². The highest BCUT2D eigenvalue weighted by atomic mass is 35.5. The van der Waals surface area contributed by atoms with Crippen molar-refractivity contribution in [2.45, 2.75) is 44.4 Å². The minimum atomic E-state index is -4.39. The summed E-state index contributed by atoms with van der Waals surface area (Å²) in [6.45, 7) is 10.4. The number of allylic oxidation sites excluding steroid dienone is 1. The van der Waals surface area contributed by atoms with Crippen LogP contribution in [-0.4, -0.2) is 87.0 Å². The first kappa shape index (κ1) is 40.1. The molecule has 58 heavy (non-hydrogen) atoms. The number of benzene rings is 3. The fourth-order valence-corrected chi connectivity index (χ4v) is 9.18. The van der Waals surface area contributed by atoms with Gasteiger partial charge in [0.05, 0.1) is 42.1 Å². The summed E-state index contributed by atoms with van der Waals surface area (Å²) in [5.74, 6) is 0.0995. The number of anilines is 1. The molecule has 2 aromatic heterocycles. The average Bonchev–Trinajstić information content (AvgIpc) is 3.92. The van der Waals surface area contributed by atoms with E-state index in [1.165, 1.54) is 22.8 Å². The van der Waals surface area contributed by atoms with Gasteiger partial charge in [-0.25, -0.2) is 18.1 Å². The van der Waals surface area contributed by atoms with Crippen molar-refractivity contribution in [3.8, 4) is 17.4 Å². The molecule has 1 aliphatic carbocycles. The van der Waals surface area contributed by atoms with Crippen molar-refractivity contribution in [3.05, 3.63) is 106 Å². The molecule has 1 amide bonds. The first-order chi connectivity index (χ1) is 27.9. The molecule has 3 aromatic carbocycles. The highest BCUT2D eigenvalue weighted by molar-refractivity contribution is 7.90. The van der Waals surface area contributed by atoms with Crippen LogP contribution in [0.5, 0.6) is 17.4 Å². The summed E-state index contributed by atoms with van der Waals surface area (Å²) in [5.41, 5.74) is 6.04. The lowest BCUT2D eigenvalue weighted by atomic mass is 9.72. The number of hydrogen-bond acceptors (Lipinski definition) is 10. The Kier molecular flexibility index (Phi) is 11.7. The van der Waals surface area contributed by atoms with Gasteiger partial charge in [-0.2, -0.15) is 5.10 Å². The summed E-state index contributed by atoms with van der Waals surface area (Å²) < 4.78 is 46.8. The number of ether oxygens (including phenoxy) is 3. The van der Waals surface area contributed by atoms with Gasteiger partial charge in [0.2, 0.25) is 5.88 Å². The van der Waals surface area contributed by atoms with Crippen LogP contribution in [-0.2, 0) is 14.8 Å². The van der Waals surface area contributed by atoms with Gasteiger partial charge in [0.25, 0.3) is 15.9 Å². The number of halogens is 2. The molecule has 0 spiro atoms. The van der Waals surface area contributed by atoms with E-state index in [2.05, 4.69) is 55.7 Å².